The lowest BCUT2D eigenvalue weighted by atomic mass is 9.86. The van der Waals surface area contributed by atoms with Crippen molar-refractivity contribution in [3.8, 4) is 0 Å². The summed E-state index contributed by atoms with van der Waals surface area (Å²) in [6.07, 6.45) is 4.17. The van der Waals surface area contributed by atoms with Gasteiger partial charge in [0, 0.05) is 0 Å². The molecule has 0 aliphatic rings. The van der Waals surface area contributed by atoms with Crippen molar-refractivity contribution in [2.24, 2.45) is 17.6 Å². The molecule has 3 atom stereocenters. The number of nitrogens with two attached hydrogens (primary N) is 1. The van der Waals surface area contributed by atoms with E-state index < -0.39 is 12.0 Å². The van der Waals surface area contributed by atoms with E-state index in [2.05, 4.69) is 20.8 Å². The number of hydrogen-bond acceptors (Lipinski definition) is 2. The minimum Gasteiger partial charge on any atom is -0.480 e. The first kappa shape index (κ1) is 13.4. The Morgan fingerprint density at radius 2 is 1.93 bits per heavy atom. The molecule has 0 rings (SSSR count). The summed E-state index contributed by atoms with van der Waals surface area (Å²) >= 11 is 0. The van der Waals surface area contributed by atoms with Crippen molar-refractivity contribution in [2.75, 3.05) is 0 Å². The molecule has 0 aromatic heterocycles. The second kappa shape index (κ2) is 6.82. The van der Waals surface area contributed by atoms with Gasteiger partial charge in [-0.05, 0) is 18.3 Å². The molecule has 0 fully saturated rings. The van der Waals surface area contributed by atoms with Gasteiger partial charge in [-0.2, -0.15) is 0 Å². The van der Waals surface area contributed by atoms with Crippen molar-refractivity contribution in [3.63, 3.8) is 0 Å². The Hall–Kier alpha value is -0.570. The Balaban J connectivity index is 3.81. The molecule has 14 heavy (non-hydrogen) atoms. The lowest BCUT2D eigenvalue weighted by Gasteiger charge is -2.21. The smallest absolute Gasteiger partial charge is 0.320 e. The first-order valence-corrected chi connectivity index (χ1v) is 5.47. The topological polar surface area (TPSA) is 63.3 Å². The summed E-state index contributed by atoms with van der Waals surface area (Å²) < 4.78 is 0. The Morgan fingerprint density at radius 1 is 1.36 bits per heavy atom. The molecule has 0 aliphatic heterocycles. The van der Waals surface area contributed by atoms with Crippen LogP contribution in [0.3, 0.4) is 0 Å². The van der Waals surface area contributed by atoms with Crippen LogP contribution in [-0.2, 0) is 4.79 Å². The van der Waals surface area contributed by atoms with Crippen molar-refractivity contribution in [1.82, 2.24) is 0 Å². The fourth-order valence-electron chi connectivity index (χ4n) is 1.54. The monoisotopic (exact) mass is 201 g/mol. The van der Waals surface area contributed by atoms with Crippen LogP contribution in [0.25, 0.3) is 0 Å². The molecule has 3 N–H and O–H groups in total. The van der Waals surface area contributed by atoms with Gasteiger partial charge in [0.25, 0.3) is 0 Å². The molecule has 0 radical (unpaired) electrons. The predicted octanol–water partition coefficient (Wildman–Crippen LogP) is 2.25. The van der Waals surface area contributed by atoms with Crippen molar-refractivity contribution in [3.05, 3.63) is 0 Å². The molecule has 84 valence electrons. The molecule has 0 heterocycles. The maximum Gasteiger partial charge on any atom is 0.320 e. The third-order valence-electron chi connectivity index (χ3n) is 2.93. The third kappa shape index (κ3) is 5.22. The van der Waals surface area contributed by atoms with Crippen molar-refractivity contribution >= 4 is 5.97 Å². The zero-order valence-electron chi connectivity index (χ0n) is 9.49. The summed E-state index contributed by atoms with van der Waals surface area (Å²) in [6.45, 7) is 6.43. The molecule has 0 aliphatic carbocycles. The van der Waals surface area contributed by atoms with Gasteiger partial charge in [0.15, 0.2) is 0 Å². The number of rotatable bonds is 7. The third-order valence-corrected chi connectivity index (χ3v) is 2.93. The lowest BCUT2D eigenvalue weighted by molar-refractivity contribution is -0.139. The van der Waals surface area contributed by atoms with E-state index in [9.17, 15) is 4.79 Å². The van der Waals surface area contributed by atoms with E-state index in [1.807, 2.05) is 0 Å². The molecular weight excluding hydrogens is 178 g/mol. The molecular formula is C11H23NO2. The van der Waals surface area contributed by atoms with Crippen LogP contribution in [0.4, 0.5) is 0 Å². The first-order chi connectivity index (χ1) is 6.49. The molecule has 0 aromatic rings. The molecule has 3 nitrogen and oxygen atoms in total. The van der Waals surface area contributed by atoms with Crippen LogP contribution in [-0.4, -0.2) is 17.1 Å². The molecule has 3 unspecified atom stereocenters. The zero-order chi connectivity index (χ0) is 11.1. The van der Waals surface area contributed by atoms with Gasteiger partial charge in [0.2, 0.25) is 0 Å². The number of aliphatic carboxylic acids is 1. The fraction of sp³-hybridized carbons (Fsp3) is 0.909. The summed E-state index contributed by atoms with van der Waals surface area (Å²) in [5.74, 6) is 0.0764. The van der Waals surface area contributed by atoms with E-state index in [1.54, 1.807) is 0 Å². The SMILES string of the molecule is CCCCC(C)C(C)CC(N)C(=O)O. The maximum absolute atomic E-state index is 10.5. The van der Waals surface area contributed by atoms with E-state index in [0.717, 1.165) is 0 Å². The number of carboxylic acid groups (broad SMARTS) is 1. The van der Waals surface area contributed by atoms with Crippen LogP contribution >= 0.6 is 0 Å². The summed E-state index contributed by atoms with van der Waals surface area (Å²) in [7, 11) is 0. The molecule has 0 saturated carbocycles. The number of unbranched alkanes of at least 4 members (excludes halogenated alkanes) is 1. The van der Waals surface area contributed by atoms with Gasteiger partial charge in [0.1, 0.15) is 6.04 Å². The largest absolute Gasteiger partial charge is 0.480 e. The molecule has 0 aromatic carbocycles. The lowest BCUT2D eigenvalue weighted by Crippen LogP contribution is -2.33. The van der Waals surface area contributed by atoms with E-state index in [4.69, 9.17) is 10.8 Å². The number of carbonyl (C=O) groups is 1. The summed E-state index contributed by atoms with van der Waals surface area (Å²) in [6, 6.07) is -0.700. The second-order valence-corrected chi connectivity index (χ2v) is 4.28. The zero-order valence-corrected chi connectivity index (χ0v) is 9.49. The van der Waals surface area contributed by atoms with Gasteiger partial charge >= 0.3 is 5.97 Å². The molecule has 0 amide bonds. The Morgan fingerprint density at radius 3 is 2.36 bits per heavy atom. The van der Waals surface area contributed by atoms with E-state index >= 15 is 0 Å². The van der Waals surface area contributed by atoms with Crippen LogP contribution < -0.4 is 5.73 Å². The highest BCUT2D eigenvalue weighted by Gasteiger charge is 2.19. The van der Waals surface area contributed by atoms with Crippen molar-refractivity contribution < 1.29 is 9.90 Å². The van der Waals surface area contributed by atoms with E-state index in [1.165, 1.54) is 19.3 Å². The Kier molecular flexibility index (Phi) is 6.54. The number of carboxylic acids is 1. The fourth-order valence-corrected chi connectivity index (χ4v) is 1.54. The van der Waals surface area contributed by atoms with Gasteiger partial charge in [-0.1, -0.05) is 40.0 Å². The molecule has 0 spiro atoms. The van der Waals surface area contributed by atoms with Crippen LogP contribution in [0.15, 0.2) is 0 Å². The van der Waals surface area contributed by atoms with Crippen LogP contribution in [0.5, 0.6) is 0 Å². The van der Waals surface area contributed by atoms with E-state index in [0.29, 0.717) is 18.3 Å². The second-order valence-electron chi connectivity index (χ2n) is 4.28. The summed E-state index contributed by atoms with van der Waals surface area (Å²) in [5.41, 5.74) is 5.48. The summed E-state index contributed by atoms with van der Waals surface area (Å²) in [5, 5.41) is 8.66. The van der Waals surface area contributed by atoms with Gasteiger partial charge in [-0.25, -0.2) is 0 Å². The highest BCUT2D eigenvalue weighted by molar-refractivity contribution is 5.72. The molecule has 0 bridgehead atoms. The number of hydrogen-bond donors (Lipinski definition) is 2. The normalized spacial score (nSPS) is 17.4. The van der Waals surface area contributed by atoms with Crippen molar-refractivity contribution in [2.45, 2.75) is 52.5 Å². The van der Waals surface area contributed by atoms with Crippen LogP contribution in [0, 0.1) is 11.8 Å². The maximum atomic E-state index is 10.5. The van der Waals surface area contributed by atoms with Gasteiger partial charge in [-0.15, -0.1) is 0 Å². The quantitative estimate of drug-likeness (QED) is 0.664. The van der Waals surface area contributed by atoms with E-state index in [-0.39, 0.29) is 0 Å². The molecule has 0 saturated heterocycles. The Labute approximate surface area is 86.7 Å². The highest BCUT2D eigenvalue weighted by Crippen LogP contribution is 2.21. The minimum atomic E-state index is -0.889. The van der Waals surface area contributed by atoms with Crippen LogP contribution in [0.2, 0.25) is 0 Å². The highest BCUT2D eigenvalue weighted by atomic mass is 16.4. The summed E-state index contributed by atoms with van der Waals surface area (Å²) in [4.78, 5) is 10.5. The average molecular weight is 201 g/mol. The predicted molar refractivity (Wildman–Crippen MR) is 58.1 cm³/mol. The average Bonchev–Trinajstić information content (AvgIpc) is 2.13. The van der Waals surface area contributed by atoms with Gasteiger partial charge < -0.3 is 10.8 Å². The van der Waals surface area contributed by atoms with Crippen molar-refractivity contribution in [1.29, 1.82) is 0 Å². The Bertz CT molecular complexity index is 171. The minimum absolute atomic E-state index is 0.396. The molecule has 3 heteroatoms. The standard InChI is InChI=1S/C11H23NO2/c1-4-5-6-8(2)9(3)7-10(12)11(13)14/h8-10H,4-7,12H2,1-3H3,(H,13,14). The first-order valence-electron chi connectivity index (χ1n) is 5.47. The van der Waals surface area contributed by atoms with Crippen LogP contribution in [0.1, 0.15) is 46.5 Å². The van der Waals surface area contributed by atoms with Gasteiger partial charge in [-0.3, -0.25) is 4.79 Å². The van der Waals surface area contributed by atoms with Gasteiger partial charge in [0.05, 0.1) is 0 Å².